The SMILES string of the molecule is COc1cc(C2C=NNC2)ccc1NC(=O)C1COc2ccc(C(=O)N3CCN(C)CC3)cc2C1. The molecule has 0 saturated carbocycles. The van der Waals surface area contributed by atoms with Gasteiger partial charge in [-0.1, -0.05) is 6.07 Å². The highest BCUT2D eigenvalue weighted by Crippen LogP contribution is 2.32. The summed E-state index contributed by atoms with van der Waals surface area (Å²) in [4.78, 5) is 30.2. The summed E-state index contributed by atoms with van der Waals surface area (Å²) in [7, 11) is 3.66. The molecule has 2 unspecified atom stereocenters. The molecule has 0 radical (unpaired) electrons. The maximum Gasteiger partial charge on any atom is 0.253 e. The van der Waals surface area contributed by atoms with Crippen molar-refractivity contribution in [2.45, 2.75) is 12.3 Å². The molecule has 9 heteroatoms. The minimum Gasteiger partial charge on any atom is -0.495 e. The van der Waals surface area contributed by atoms with Crippen LogP contribution in [0.1, 0.15) is 27.4 Å². The average molecular weight is 478 g/mol. The first-order chi connectivity index (χ1) is 17.0. The van der Waals surface area contributed by atoms with Crippen LogP contribution in [0.5, 0.6) is 11.5 Å². The van der Waals surface area contributed by atoms with Gasteiger partial charge in [0.1, 0.15) is 18.1 Å². The number of hydrazone groups is 1. The fourth-order valence-corrected chi connectivity index (χ4v) is 4.71. The highest BCUT2D eigenvalue weighted by molar-refractivity contribution is 5.96. The minimum absolute atomic E-state index is 0.0276. The molecular weight excluding hydrogens is 446 g/mol. The summed E-state index contributed by atoms with van der Waals surface area (Å²) in [5.41, 5.74) is 6.17. The zero-order chi connectivity index (χ0) is 24.4. The van der Waals surface area contributed by atoms with Crippen molar-refractivity contribution in [2.24, 2.45) is 11.0 Å². The normalized spacial score (nSPS) is 21.6. The van der Waals surface area contributed by atoms with Gasteiger partial charge in [0.25, 0.3) is 5.91 Å². The number of nitrogens with zero attached hydrogens (tertiary/aromatic N) is 3. The number of hydrogen-bond acceptors (Lipinski definition) is 7. The number of methoxy groups -OCH3 is 1. The molecule has 0 spiro atoms. The van der Waals surface area contributed by atoms with Crippen molar-refractivity contribution in [3.63, 3.8) is 0 Å². The molecule has 35 heavy (non-hydrogen) atoms. The summed E-state index contributed by atoms with van der Waals surface area (Å²) in [6.07, 6.45) is 2.38. The molecular formula is C26H31N5O4. The molecule has 2 amide bonds. The second-order valence-corrected chi connectivity index (χ2v) is 9.33. The highest BCUT2D eigenvalue weighted by Gasteiger charge is 2.29. The number of likely N-dealkylation sites (N-methyl/N-ethyl adjacent to an activating group) is 1. The van der Waals surface area contributed by atoms with Gasteiger partial charge in [-0.3, -0.25) is 9.59 Å². The number of benzene rings is 2. The first-order valence-electron chi connectivity index (χ1n) is 12.0. The number of nitrogens with one attached hydrogen (secondary N) is 2. The summed E-state index contributed by atoms with van der Waals surface area (Å²) in [6.45, 7) is 4.22. The predicted octanol–water partition coefficient (Wildman–Crippen LogP) is 1.95. The van der Waals surface area contributed by atoms with E-state index in [4.69, 9.17) is 9.47 Å². The van der Waals surface area contributed by atoms with Gasteiger partial charge in [0.15, 0.2) is 0 Å². The number of fused-ring (bicyclic) bond motifs is 1. The van der Waals surface area contributed by atoms with E-state index < -0.39 is 0 Å². The van der Waals surface area contributed by atoms with Crippen LogP contribution in [0.4, 0.5) is 5.69 Å². The molecule has 3 aliphatic heterocycles. The van der Waals surface area contributed by atoms with E-state index in [1.54, 1.807) is 7.11 Å². The number of hydrogen-bond donors (Lipinski definition) is 2. The zero-order valence-corrected chi connectivity index (χ0v) is 20.1. The molecule has 0 aromatic heterocycles. The molecule has 184 valence electrons. The van der Waals surface area contributed by atoms with Crippen molar-refractivity contribution in [1.82, 2.24) is 15.2 Å². The van der Waals surface area contributed by atoms with Crippen LogP contribution in [-0.4, -0.2) is 81.3 Å². The van der Waals surface area contributed by atoms with E-state index in [1.165, 1.54) is 0 Å². The number of rotatable bonds is 5. The summed E-state index contributed by atoms with van der Waals surface area (Å²) in [6, 6.07) is 11.3. The smallest absolute Gasteiger partial charge is 0.253 e. The van der Waals surface area contributed by atoms with Gasteiger partial charge in [0, 0.05) is 50.4 Å². The standard InChI is InChI=1S/C26H31N5O4/c1-30-7-9-31(10-8-30)26(33)18-4-6-23-19(11-18)12-20(16-35-23)25(32)29-22-5-3-17(13-24(22)34-2)21-14-27-28-15-21/h3-6,11,13-14,20-21,28H,7-10,12,15-16H2,1-2H3,(H,29,32). The largest absolute Gasteiger partial charge is 0.495 e. The van der Waals surface area contributed by atoms with E-state index in [0.29, 0.717) is 23.4 Å². The highest BCUT2D eigenvalue weighted by atomic mass is 16.5. The quantitative estimate of drug-likeness (QED) is 0.684. The Labute approximate surface area is 205 Å². The van der Waals surface area contributed by atoms with Gasteiger partial charge in [-0.25, -0.2) is 0 Å². The molecule has 5 rings (SSSR count). The maximum atomic E-state index is 13.1. The van der Waals surface area contributed by atoms with Crippen molar-refractivity contribution in [2.75, 3.05) is 58.8 Å². The predicted molar refractivity (Wildman–Crippen MR) is 133 cm³/mol. The number of amides is 2. The second-order valence-electron chi connectivity index (χ2n) is 9.33. The van der Waals surface area contributed by atoms with E-state index in [9.17, 15) is 9.59 Å². The van der Waals surface area contributed by atoms with E-state index in [-0.39, 0.29) is 30.3 Å². The zero-order valence-electron chi connectivity index (χ0n) is 20.1. The third-order valence-corrected chi connectivity index (χ3v) is 6.94. The average Bonchev–Trinajstić information content (AvgIpc) is 3.43. The molecule has 2 aromatic rings. The first-order valence-corrected chi connectivity index (χ1v) is 12.0. The van der Waals surface area contributed by atoms with Crippen LogP contribution in [0.25, 0.3) is 0 Å². The van der Waals surface area contributed by atoms with Crippen LogP contribution in [0, 0.1) is 5.92 Å². The van der Waals surface area contributed by atoms with Gasteiger partial charge in [-0.2, -0.15) is 5.10 Å². The van der Waals surface area contributed by atoms with E-state index >= 15 is 0 Å². The lowest BCUT2D eigenvalue weighted by atomic mass is 9.94. The van der Waals surface area contributed by atoms with E-state index in [1.807, 2.05) is 47.5 Å². The Kier molecular flexibility index (Phi) is 6.59. The first kappa shape index (κ1) is 23.2. The summed E-state index contributed by atoms with van der Waals surface area (Å²) < 4.78 is 11.4. The van der Waals surface area contributed by atoms with Gasteiger partial charge in [0.2, 0.25) is 5.91 Å². The Morgan fingerprint density at radius 3 is 2.71 bits per heavy atom. The number of anilines is 1. The molecule has 0 aliphatic carbocycles. The van der Waals surface area contributed by atoms with E-state index in [0.717, 1.165) is 49.6 Å². The minimum atomic E-state index is -0.368. The van der Waals surface area contributed by atoms with Gasteiger partial charge < -0.3 is 30.0 Å². The van der Waals surface area contributed by atoms with Crippen molar-refractivity contribution >= 4 is 23.7 Å². The second kappa shape index (κ2) is 9.95. The van der Waals surface area contributed by atoms with Crippen LogP contribution in [-0.2, 0) is 11.2 Å². The molecule has 2 aromatic carbocycles. The van der Waals surface area contributed by atoms with E-state index in [2.05, 4.69) is 27.8 Å². The van der Waals surface area contributed by atoms with Gasteiger partial charge in [-0.15, -0.1) is 0 Å². The summed E-state index contributed by atoms with van der Waals surface area (Å²) >= 11 is 0. The van der Waals surface area contributed by atoms with Crippen molar-refractivity contribution in [3.8, 4) is 11.5 Å². The molecule has 2 N–H and O–H groups in total. The molecule has 1 saturated heterocycles. The number of piperazine rings is 1. The van der Waals surface area contributed by atoms with Crippen LogP contribution in [0.15, 0.2) is 41.5 Å². The lowest BCUT2D eigenvalue weighted by Gasteiger charge is -2.32. The Hall–Kier alpha value is -3.59. The van der Waals surface area contributed by atoms with Crippen LogP contribution >= 0.6 is 0 Å². The van der Waals surface area contributed by atoms with Crippen LogP contribution in [0.2, 0.25) is 0 Å². The Morgan fingerprint density at radius 2 is 1.97 bits per heavy atom. The topological polar surface area (TPSA) is 95.5 Å². The Bertz CT molecular complexity index is 1140. The molecule has 1 fully saturated rings. The van der Waals surface area contributed by atoms with Crippen molar-refractivity contribution in [3.05, 3.63) is 53.1 Å². The summed E-state index contributed by atoms with van der Waals surface area (Å²) in [5, 5.41) is 7.07. The Morgan fingerprint density at radius 1 is 1.14 bits per heavy atom. The number of carbonyl (C=O) groups is 2. The molecule has 9 nitrogen and oxygen atoms in total. The monoisotopic (exact) mass is 477 g/mol. The fourth-order valence-electron chi connectivity index (χ4n) is 4.71. The third-order valence-electron chi connectivity index (χ3n) is 6.94. The molecule has 0 bridgehead atoms. The van der Waals surface area contributed by atoms with Gasteiger partial charge in [0.05, 0.1) is 18.7 Å². The maximum absolute atomic E-state index is 13.1. The Balaban J connectivity index is 1.26. The lowest BCUT2D eigenvalue weighted by molar-refractivity contribution is -0.121. The van der Waals surface area contributed by atoms with Crippen LogP contribution in [0.3, 0.4) is 0 Å². The van der Waals surface area contributed by atoms with Gasteiger partial charge in [-0.05, 0) is 54.9 Å². The van der Waals surface area contributed by atoms with Crippen molar-refractivity contribution < 1.29 is 19.1 Å². The number of ether oxygens (including phenoxy) is 2. The summed E-state index contributed by atoms with van der Waals surface area (Å²) in [5.74, 6) is 1.04. The number of carbonyl (C=O) groups excluding carboxylic acids is 2. The third kappa shape index (κ3) is 4.95. The van der Waals surface area contributed by atoms with Crippen LogP contribution < -0.4 is 20.2 Å². The molecule has 3 aliphatic rings. The molecule has 2 atom stereocenters. The van der Waals surface area contributed by atoms with Crippen molar-refractivity contribution in [1.29, 1.82) is 0 Å². The lowest BCUT2D eigenvalue weighted by Crippen LogP contribution is -2.47. The molecule has 3 heterocycles. The van der Waals surface area contributed by atoms with Gasteiger partial charge >= 0.3 is 0 Å². The fraction of sp³-hybridized carbons (Fsp3) is 0.423.